The third-order valence-corrected chi connectivity index (χ3v) is 6.00. The van der Waals surface area contributed by atoms with E-state index < -0.39 is 24.3 Å². The van der Waals surface area contributed by atoms with Crippen molar-refractivity contribution in [3.05, 3.63) is 57.8 Å². The molecular formula is C28H35ClN4O8. The summed E-state index contributed by atoms with van der Waals surface area (Å²) in [6.07, 6.45) is 0.223. The summed E-state index contributed by atoms with van der Waals surface area (Å²) < 4.78 is 27.5. The second-order valence-corrected chi connectivity index (χ2v) is 9.52. The number of hydrazone groups is 1. The van der Waals surface area contributed by atoms with Crippen LogP contribution >= 0.6 is 11.6 Å². The first-order valence-electron chi connectivity index (χ1n) is 12.8. The number of nitrogens with zero attached hydrogens (tertiary/aromatic N) is 1. The molecule has 0 bridgehead atoms. The summed E-state index contributed by atoms with van der Waals surface area (Å²) in [6, 6.07) is 7.14. The Morgan fingerprint density at radius 1 is 1.17 bits per heavy atom. The molecule has 3 rings (SSSR count). The van der Waals surface area contributed by atoms with Gasteiger partial charge in [0.05, 0.1) is 49.8 Å². The van der Waals surface area contributed by atoms with Crippen LogP contribution in [-0.4, -0.2) is 63.1 Å². The van der Waals surface area contributed by atoms with E-state index in [4.69, 9.17) is 35.3 Å². The van der Waals surface area contributed by atoms with Gasteiger partial charge in [0.15, 0.2) is 29.2 Å². The number of carbonyl (C=O) groups is 2. The summed E-state index contributed by atoms with van der Waals surface area (Å²) in [6.45, 7) is 7.36. The molecule has 2 amide bonds. The van der Waals surface area contributed by atoms with Gasteiger partial charge in [0.2, 0.25) is 0 Å². The number of rotatable bonds is 13. The number of ether oxygens (including phenoxy) is 5. The Labute approximate surface area is 243 Å². The van der Waals surface area contributed by atoms with Gasteiger partial charge in [-0.15, -0.1) is 0 Å². The maximum absolute atomic E-state index is 12.4. The van der Waals surface area contributed by atoms with Crippen LogP contribution < -0.4 is 35.0 Å². The van der Waals surface area contributed by atoms with Gasteiger partial charge in [-0.2, -0.15) is 5.10 Å². The van der Waals surface area contributed by atoms with Crippen molar-refractivity contribution in [2.24, 2.45) is 5.10 Å². The van der Waals surface area contributed by atoms with Crippen molar-refractivity contribution in [2.45, 2.75) is 46.1 Å². The number of esters is 1. The van der Waals surface area contributed by atoms with Gasteiger partial charge in [-0.3, -0.25) is 5.43 Å². The zero-order chi connectivity index (χ0) is 30.1. The highest BCUT2D eigenvalue weighted by atomic mass is 35.5. The van der Waals surface area contributed by atoms with Crippen molar-refractivity contribution in [3.8, 4) is 23.0 Å². The van der Waals surface area contributed by atoms with E-state index in [0.29, 0.717) is 51.5 Å². The summed E-state index contributed by atoms with van der Waals surface area (Å²) in [4.78, 5) is 24.5. The SMILES string of the molecule is CCOc1cc([C@@H]2NC(=O)NC(C)=C2C(=O)OC)ccc1OC[C@@H](O)N/N=C/c1cc(Cl)c(OC(C)C)c(OC)c1. The number of aliphatic hydroxyl groups is 1. The number of carbonyl (C=O) groups excluding carboxylic acids is 2. The van der Waals surface area contributed by atoms with Gasteiger partial charge in [-0.05, 0) is 63.1 Å². The normalized spacial score (nSPS) is 15.7. The third kappa shape index (κ3) is 8.18. The van der Waals surface area contributed by atoms with Crippen LogP contribution in [-0.2, 0) is 9.53 Å². The number of hydrogen-bond acceptors (Lipinski definition) is 10. The molecule has 0 spiro atoms. The molecule has 1 heterocycles. The molecule has 13 heteroatoms. The lowest BCUT2D eigenvalue weighted by Gasteiger charge is -2.28. The molecule has 2 aromatic carbocycles. The van der Waals surface area contributed by atoms with E-state index in [0.717, 1.165) is 0 Å². The van der Waals surface area contributed by atoms with Crippen molar-refractivity contribution >= 4 is 29.8 Å². The number of methoxy groups -OCH3 is 2. The van der Waals surface area contributed by atoms with E-state index in [2.05, 4.69) is 21.2 Å². The van der Waals surface area contributed by atoms with Gasteiger partial charge in [-0.25, -0.2) is 9.59 Å². The van der Waals surface area contributed by atoms with Crippen LogP contribution in [0.4, 0.5) is 4.79 Å². The largest absolute Gasteiger partial charge is 0.493 e. The minimum Gasteiger partial charge on any atom is -0.493 e. The topological polar surface area (TPSA) is 149 Å². The highest BCUT2D eigenvalue weighted by Gasteiger charge is 2.32. The molecule has 2 aromatic rings. The van der Waals surface area contributed by atoms with Gasteiger partial charge >= 0.3 is 12.0 Å². The molecule has 1 aliphatic rings. The van der Waals surface area contributed by atoms with Crippen LogP contribution in [0.1, 0.15) is 44.9 Å². The van der Waals surface area contributed by atoms with Crippen molar-refractivity contribution in [1.82, 2.24) is 16.1 Å². The number of benzene rings is 2. The van der Waals surface area contributed by atoms with E-state index in [1.807, 2.05) is 13.8 Å². The van der Waals surface area contributed by atoms with Crippen LogP contribution in [0.3, 0.4) is 0 Å². The van der Waals surface area contributed by atoms with Crippen LogP contribution in [0.15, 0.2) is 46.7 Å². The molecule has 4 N–H and O–H groups in total. The lowest BCUT2D eigenvalue weighted by atomic mass is 9.95. The number of halogens is 1. The number of aliphatic hydroxyl groups excluding tert-OH is 1. The second kappa shape index (κ2) is 14.5. The first kappa shape index (κ1) is 31.4. The molecule has 41 heavy (non-hydrogen) atoms. The predicted octanol–water partition coefficient (Wildman–Crippen LogP) is 3.66. The predicted molar refractivity (Wildman–Crippen MR) is 153 cm³/mol. The Morgan fingerprint density at radius 2 is 1.93 bits per heavy atom. The Morgan fingerprint density at radius 3 is 2.59 bits per heavy atom. The lowest BCUT2D eigenvalue weighted by Crippen LogP contribution is -2.45. The summed E-state index contributed by atoms with van der Waals surface area (Å²) >= 11 is 6.35. The van der Waals surface area contributed by atoms with Crippen LogP contribution in [0, 0.1) is 0 Å². The van der Waals surface area contributed by atoms with Crippen LogP contribution in [0.5, 0.6) is 23.0 Å². The number of hydrogen-bond donors (Lipinski definition) is 4. The van der Waals surface area contributed by atoms with Crippen molar-refractivity contribution in [3.63, 3.8) is 0 Å². The van der Waals surface area contributed by atoms with Crippen LogP contribution in [0.25, 0.3) is 0 Å². The minimum atomic E-state index is -1.17. The summed E-state index contributed by atoms with van der Waals surface area (Å²) in [5, 5.41) is 20.1. The van der Waals surface area contributed by atoms with Gasteiger partial charge in [-0.1, -0.05) is 17.7 Å². The molecule has 0 aromatic heterocycles. The van der Waals surface area contributed by atoms with Crippen molar-refractivity contribution in [2.75, 3.05) is 27.4 Å². The fraction of sp³-hybridized carbons (Fsp3) is 0.393. The quantitative estimate of drug-likeness (QED) is 0.119. The van der Waals surface area contributed by atoms with E-state index in [1.165, 1.54) is 20.4 Å². The minimum absolute atomic E-state index is 0.0824. The highest BCUT2D eigenvalue weighted by molar-refractivity contribution is 6.32. The average Bonchev–Trinajstić information content (AvgIpc) is 2.92. The molecule has 0 saturated carbocycles. The molecular weight excluding hydrogens is 556 g/mol. The summed E-state index contributed by atoms with van der Waals surface area (Å²) in [5.41, 5.74) is 4.44. The van der Waals surface area contributed by atoms with Crippen molar-refractivity contribution in [1.29, 1.82) is 0 Å². The number of nitrogens with one attached hydrogen (secondary N) is 3. The molecule has 0 aliphatic carbocycles. The van der Waals surface area contributed by atoms with E-state index >= 15 is 0 Å². The second-order valence-electron chi connectivity index (χ2n) is 9.12. The Bertz CT molecular complexity index is 1310. The molecule has 0 radical (unpaired) electrons. The van der Waals surface area contributed by atoms with Gasteiger partial charge < -0.3 is 39.4 Å². The Hall–Kier alpha value is -4.16. The molecule has 0 saturated heterocycles. The standard InChI is InChI=1S/C28H35ClN4O8/c1-7-39-21-12-18(25-24(27(35)38-6)16(4)31-28(36)32-25)8-9-20(21)40-14-23(34)33-30-13-17-10-19(29)26(41-15(2)3)22(11-17)37-5/h8-13,15,23,25,33-34H,7,14H2,1-6H3,(H2,31,32,36)/b30-13+/t23-,25+/m1/s1. The van der Waals surface area contributed by atoms with Crippen LogP contribution in [0.2, 0.25) is 5.02 Å². The molecule has 222 valence electrons. The lowest BCUT2D eigenvalue weighted by molar-refractivity contribution is -0.136. The van der Waals surface area contributed by atoms with Crippen molar-refractivity contribution < 1.29 is 38.4 Å². The average molecular weight is 591 g/mol. The van der Waals surface area contributed by atoms with Gasteiger partial charge in [0, 0.05) is 5.70 Å². The zero-order valence-corrected chi connectivity index (χ0v) is 24.5. The number of urea groups is 1. The molecule has 12 nitrogen and oxygen atoms in total. The van der Waals surface area contributed by atoms with E-state index in [1.54, 1.807) is 44.2 Å². The van der Waals surface area contributed by atoms with E-state index in [-0.39, 0.29) is 18.3 Å². The molecule has 2 atom stereocenters. The Kier molecular flexibility index (Phi) is 11.1. The number of allylic oxidation sites excluding steroid dienone is 1. The maximum atomic E-state index is 12.4. The maximum Gasteiger partial charge on any atom is 0.337 e. The molecule has 0 fully saturated rings. The van der Waals surface area contributed by atoms with Gasteiger partial charge in [0.25, 0.3) is 0 Å². The molecule has 0 unspecified atom stereocenters. The summed E-state index contributed by atoms with van der Waals surface area (Å²) in [5.74, 6) is 1.03. The number of amides is 2. The fourth-order valence-corrected chi connectivity index (χ4v) is 4.25. The first-order chi connectivity index (χ1) is 19.6. The molecule has 1 aliphatic heterocycles. The summed E-state index contributed by atoms with van der Waals surface area (Å²) in [7, 11) is 2.78. The monoisotopic (exact) mass is 590 g/mol. The third-order valence-electron chi connectivity index (χ3n) is 5.71. The van der Waals surface area contributed by atoms with Gasteiger partial charge in [0.1, 0.15) is 6.61 Å². The fourth-order valence-electron chi connectivity index (χ4n) is 3.98. The zero-order valence-electron chi connectivity index (χ0n) is 23.7. The van der Waals surface area contributed by atoms with E-state index in [9.17, 15) is 14.7 Å². The Balaban J connectivity index is 1.69. The smallest absolute Gasteiger partial charge is 0.337 e. The highest BCUT2D eigenvalue weighted by Crippen LogP contribution is 2.37. The first-order valence-corrected chi connectivity index (χ1v) is 13.2.